The number of rotatable bonds is 0. The van der Waals surface area contributed by atoms with Crippen LogP contribution in [0, 0.1) is 0 Å². The molecule has 11 heteroatoms. The Bertz CT molecular complexity index is 157. The number of hydrogen-bond acceptors (Lipinski definition) is 2. The summed E-state index contributed by atoms with van der Waals surface area (Å²) in [6.07, 6.45) is 1.25. The summed E-state index contributed by atoms with van der Waals surface area (Å²) in [6.45, 7) is 0.639. The predicted molar refractivity (Wildman–Crippen MR) is 76.3 cm³/mol. The van der Waals surface area contributed by atoms with Gasteiger partial charge in [-0.05, 0) is 23.6 Å². The second kappa shape index (κ2) is 20.0. The number of hydrogen-bond donors (Lipinski definition) is 6. The molecular weight excluding hydrogens is 321 g/mol. The van der Waals surface area contributed by atoms with Crippen molar-refractivity contribution in [3.05, 3.63) is 0 Å². The van der Waals surface area contributed by atoms with Gasteiger partial charge in [0.15, 0.2) is 0 Å². The normalized spacial score (nSPS) is 8.88. The summed E-state index contributed by atoms with van der Waals surface area (Å²) in [6, 6.07) is 0. The minimum atomic E-state index is -3.81. The van der Waals surface area contributed by atoms with Crippen LogP contribution in [0.5, 0.6) is 0 Å². The van der Waals surface area contributed by atoms with Gasteiger partial charge in [0.05, 0.1) is 0 Å². The fourth-order valence-corrected chi connectivity index (χ4v) is 0. The summed E-state index contributed by atoms with van der Waals surface area (Å²) >= 11 is 7.21. The zero-order valence-electron chi connectivity index (χ0n) is 9.10. The van der Waals surface area contributed by atoms with E-state index >= 15 is 0 Å². The Morgan fingerprint density at radius 1 is 0.750 bits per heavy atom. The van der Waals surface area contributed by atoms with Gasteiger partial charge in [-0.1, -0.05) is 34.1 Å². The molecule has 0 aromatic carbocycles. The van der Waals surface area contributed by atoms with E-state index in [1.54, 1.807) is 0 Å². The molecule has 0 aromatic heterocycles. The van der Waals surface area contributed by atoms with Crippen LogP contribution in [-0.2, 0) is 23.6 Å². The first-order valence-corrected chi connectivity index (χ1v) is 9.30. The Morgan fingerprint density at radius 3 is 0.750 bits per heavy atom. The van der Waals surface area contributed by atoms with Gasteiger partial charge in [0.25, 0.3) is 0 Å². The second-order valence-corrected chi connectivity index (χ2v) is 6.73. The van der Waals surface area contributed by atoms with Crippen LogP contribution in [0.1, 0.15) is 34.1 Å². The van der Waals surface area contributed by atoms with Gasteiger partial charge in [-0.15, -0.1) is 0 Å². The standard InChI is InChI=1S/C3H8.C2H6.K.2H3O3PS.H/c1-3-2;1-2;;2*1-4(2,3)5;/h3H2,1-2H3;1-2H3;;2*(H3,1,2,3,5);. The third-order valence-electron chi connectivity index (χ3n) is 0. The van der Waals surface area contributed by atoms with Crippen molar-refractivity contribution in [2.75, 3.05) is 0 Å². The van der Waals surface area contributed by atoms with Crippen molar-refractivity contribution in [3.63, 3.8) is 0 Å². The van der Waals surface area contributed by atoms with Crippen molar-refractivity contribution >= 4 is 88.4 Å². The Hall–Kier alpha value is 2.70. The van der Waals surface area contributed by atoms with Gasteiger partial charge in [-0.2, -0.15) is 0 Å². The molecule has 0 saturated carbocycles. The van der Waals surface area contributed by atoms with Gasteiger partial charge in [0, 0.05) is 0 Å². The molecule has 0 aliphatic rings. The summed E-state index contributed by atoms with van der Waals surface area (Å²) in [4.78, 5) is 45.3. The van der Waals surface area contributed by atoms with Crippen LogP contribution < -0.4 is 0 Å². The third kappa shape index (κ3) is 566. The zero-order valence-corrected chi connectivity index (χ0v) is 12.5. The topological polar surface area (TPSA) is 121 Å². The van der Waals surface area contributed by atoms with Gasteiger partial charge in [0.2, 0.25) is 0 Å². The first-order valence-electron chi connectivity index (χ1n) is 3.98. The summed E-state index contributed by atoms with van der Waals surface area (Å²) < 4.78 is 0. The van der Waals surface area contributed by atoms with Crippen LogP contribution in [-0.4, -0.2) is 80.7 Å². The van der Waals surface area contributed by atoms with Crippen molar-refractivity contribution in [1.82, 2.24) is 0 Å². The summed E-state index contributed by atoms with van der Waals surface area (Å²) in [5.41, 5.74) is 0. The van der Waals surface area contributed by atoms with Crippen LogP contribution in [0.4, 0.5) is 0 Å². The van der Waals surface area contributed by atoms with Gasteiger partial charge in [-0.25, -0.2) is 0 Å². The Morgan fingerprint density at radius 2 is 0.750 bits per heavy atom. The van der Waals surface area contributed by atoms with Gasteiger partial charge < -0.3 is 29.4 Å². The van der Waals surface area contributed by atoms with E-state index in [9.17, 15) is 0 Å². The molecule has 0 amide bonds. The van der Waals surface area contributed by atoms with E-state index < -0.39 is 13.4 Å². The minimum absolute atomic E-state index is 0. The van der Waals surface area contributed by atoms with Crippen LogP contribution in [0.2, 0.25) is 0 Å². The predicted octanol–water partition coefficient (Wildman–Crippen LogP) is 0.170. The maximum absolute atomic E-state index is 7.56. The van der Waals surface area contributed by atoms with Crippen LogP contribution in [0.3, 0.4) is 0 Å². The molecular formula is C5H21KO6P2S2. The Kier molecular flexibility index (Phi) is 39.1. The first-order chi connectivity index (χ1) is 6.41. The molecule has 0 bridgehead atoms. The molecule has 6 nitrogen and oxygen atoms in total. The second-order valence-electron chi connectivity index (χ2n) is 1.73. The van der Waals surface area contributed by atoms with Crippen molar-refractivity contribution in [1.29, 1.82) is 0 Å². The first kappa shape index (κ1) is 31.2. The van der Waals surface area contributed by atoms with E-state index in [1.165, 1.54) is 6.42 Å². The Balaban J connectivity index is -0.0000000349. The quantitative estimate of drug-likeness (QED) is 0.272. The fourth-order valence-electron chi connectivity index (χ4n) is 0. The average molecular weight is 342 g/mol. The summed E-state index contributed by atoms with van der Waals surface area (Å²) in [5, 5.41) is 0. The Labute approximate surface area is 150 Å². The van der Waals surface area contributed by atoms with E-state index in [2.05, 4.69) is 37.5 Å². The SMILES string of the molecule is CC.CCC.OP(O)(O)=S.OP(O)(O)=S.[KH]. The molecule has 16 heavy (non-hydrogen) atoms. The molecule has 0 rings (SSSR count). The van der Waals surface area contributed by atoms with Crippen LogP contribution in [0.15, 0.2) is 0 Å². The molecule has 0 aromatic rings. The molecule has 0 fully saturated rings. The van der Waals surface area contributed by atoms with Gasteiger partial charge in [-0.3, -0.25) is 0 Å². The van der Waals surface area contributed by atoms with Gasteiger partial charge >= 0.3 is 64.8 Å². The van der Waals surface area contributed by atoms with Crippen molar-refractivity contribution in [3.8, 4) is 0 Å². The molecule has 0 heterocycles. The van der Waals surface area contributed by atoms with Crippen molar-refractivity contribution in [2.45, 2.75) is 34.1 Å². The van der Waals surface area contributed by atoms with E-state index in [4.69, 9.17) is 29.4 Å². The molecule has 0 radical (unpaired) electrons. The molecule has 0 aliphatic heterocycles. The third-order valence-corrected chi connectivity index (χ3v) is 0. The van der Waals surface area contributed by atoms with Crippen molar-refractivity contribution in [2.24, 2.45) is 0 Å². The monoisotopic (exact) mass is 342 g/mol. The molecule has 6 N–H and O–H groups in total. The molecule has 0 aliphatic carbocycles. The van der Waals surface area contributed by atoms with Crippen LogP contribution >= 0.6 is 13.4 Å². The van der Waals surface area contributed by atoms with E-state index in [0.29, 0.717) is 0 Å². The molecule has 0 saturated heterocycles. The van der Waals surface area contributed by atoms with E-state index in [0.717, 1.165) is 0 Å². The van der Waals surface area contributed by atoms with E-state index in [1.807, 2.05) is 13.8 Å². The molecule has 100 valence electrons. The molecule has 0 unspecified atom stereocenters. The van der Waals surface area contributed by atoms with E-state index in [-0.39, 0.29) is 51.4 Å². The fraction of sp³-hybridized carbons (Fsp3) is 1.00. The van der Waals surface area contributed by atoms with Gasteiger partial charge in [0.1, 0.15) is 0 Å². The summed E-state index contributed by atoms with van der Waals surface area (Å²) in [5.74, 6) is 0. The molecule has 0 atom stereocenters. The maximum atomic E-state index is 7.56. The average Bonchev–Trinajstić information content (AvgIpc) is 1.84. The van der Waals surface area contributed by atoms with Crippen LogP contribution in [0.25, 0.3) is 0 Å². The molecule has 0 spiro atoms. The zero-order chi connectivity index (χ0) is 13.7. The summed E-state index contributed by atoms with van der Waals surface area (Å²) in [7, 11) is 0. The van der Waals surface area contributed by atoms with Crippen molar-refractivity contribution < 1.29 is 29.4 Å².